The van der Waals surface area contributed by atoms with Gasteiger partial charge in [-0.2, -0.15) is 0 Å². The molecule has 0 aliphatic heterocycles. The number of aromatic carboxylic acids is 1. The van der Waals surface area contributed by atoms with E-state index in [2.05, 4.69) is 19.2 Å². The summed E-state index contributed by atoms with van der Waals surface area (Å²) < 4.78 is 5.41. The summed E-state index contributed by atoms with van der Waals surface area (Å²) in [6.07, 6.45) is 3.34. The lowest BCUT2D eigenvalue weighted by Crippen LogP contribution is -2.27. The molecule has 0 saturated heterocycles. The maximum atomic E-state index is 10.9. The Morgan fingerprint density at radius 1 is 1.53 bits per heavy atom. The van der Waals surface area contributed by atoms with Crippen LogP contribution in [-0.2, 0) is 6.54 Å². The molecule has 1 aromatic rings. The van der Waals surface area contributed by atoms with Crippen LogP contribution < -0.4 is 5.32 Å². The summed E-state index contributed by atoms with van der Waals surface area (Å²) in [5.74, 6) is 0.227. The number of nitrogens with one attached hydrogen (secondary N) is 1. The maximum Gasteiger partial charge on any atom is 0.339 e. The van der Waals surface area contributed by atoms with Crippen LogP contribution in [0.15, 0.2) is 10.5 Å². The summed E-state index contributed by atoms with van der Waals surface area (Å²) in [4.78, 5) is 10.9. The third-order valence-corrected chi connectivity index (χ3v) is 2.89. The van der Waals surface area contributed by atoms with Crippen molar-refractivity contribution in [2.24, 2.45) is 0 Å². The van der Waals surface area contributed by atoms with Crippen LogP contribution in [-0.4, -0.2) is 17.1 Å². The van der Waals surface area contributed by atoms with Gasteiger partial charge < -0.3 is 14.8 Å². The van der Waals surface area contributed by atoms with Crippen LogP contribution in [0.25, 0.3) is 0 Å². The van der Waals surface area contributed by atoms with Crippen LogP contribution in [0.5, 0.6) is 0 Å². The number of hydrogen-bond acceptors (Lipinski definition) is 3. The second kappa shape index (κ2) is 6.45. The Balaban J connectivity index is 2.57. The lowest BCUT2D eigenvalue weighted by atomic mass is 10.1. The van der Waals surface area contributed by atoms with Crippen LogP contribution in [0.4, 0.5) is 0 Å². The quantitative estimate of drug-likeness (QED) is 0.768. The van der Waals surface area contributed by atoms with E-state index in [1.807, 2.05) is 0 Å². The minimum Gasteiger partial charge on any atom is -0.478 e. The fraction of sp³-hybridized carbons (Fsp3) is 0.615. The Hall–Kier alpha value is -1.29. The zero-order valence-electron chi connectivity index (χ0n) is 10.7. The van der Waals surface area contributed by atoms with Crippen molar-refractivity contribution in [1.29, 1.82) is 0 Å². The SMILES string of the molecule is CCCC(CC)NCc1cc(C(=O)O)c(C)o1. The van der Waals surface area contributed by atoms with Crippen molar-refractivity contribution >= 4 is 5.97 Å². The predicted octanol–water partition coefficient (Wildman–Crippen LogP) is 2.95. The van der Waals surface area contributed by atoms with Gasteiger partial charge in [0.1, 0.15) is 17.1 Å². The minimum atomic E-state index is -0.932. The summed E-state index contributed by atoms with van der Waals surface area (Å²) in [5, 5.41) is 12.3. The van der Waals surface area contributed by atoms with Crippen LogP contribution in [0.2, 0.25) is 0 Å². The van der Waals surface area contributed by atoms with E-state index in [1.54, 1.807) is 13.0 Å². The summed E-state index contributed by atoms with van der Waals surface area (Å²) in [6, 6.07) is 2.07. The lowest BCUT2D eigenvalue weighted by Gasteiger charge is -2.14. The fourth-order valence-corrected chi connectivity index (χ4v) is 1.89. The van der Waals surface area contributed by atoms with Crippen molar-refractivity contribution in [3.63, 3.8) is 0 Å². The molecule has 0 aliphatic rings. The molecule has 1 aromatic heterocycles. The second-order valence-corrected chi connectivity index (χ2v) is 4.26. The zero-order chi connectivity index (χ0) is 12.8. The highest BCUT2D eigenvalue weighted by atomic mass is 16.4. The molecule has 0 aromatic carbocycles. The summed E-state index contributed by atoms with van der Waals surface area (Å²) in [6.45, 7) is 6.57. The average molecular weight is 239 g/mol. The first kappa shape index (κ1) is 13.8. The topological polar surface area (TPSA) is 62.5 Å². The highest BCUT2D eigenvalue weighted by molar-refractivity contribution is 5.88. The monoisotopic (exact) mass is 239 g/mol. The molecule has 1 rings (SSSR count). The first-order valence-electron chi connectivity index (χ1n) is 6.14. The highest BCUT2D eigenvalue weighted by Crippen LogP contribution is 2.15. The number of rotatable bonds is 7. The third kappa shape index (κ3) is 3.89. The van der Waals surface area contributed by atoms with Crippen molar-refractivity contribution in [3.8, 4) is 0 Å². The number of carboxylic acid groups (broad SMARTS) is 1. The van der Waals surface area contributed by atoms with Crippen molar-refractivity contribution in [2.75, 3.05) is 0 Å². The molecule has 1 heterocycles. The third-order valence-electron chi connectivity index (χ3n) is 2.89. The van der Waals surface area contributed by atoms with E-state index < -0.39 is 5.97 Å². The van der Waals surface area contributed by atoms with E-state index in [-0.39, 0.29) is 5.56 Å². The molecule has 0 spiro atoms. The standard InChI is InChI=1S/C13H21NO3/c1-4-6-10(5-2)14-8-11-7-12(13(15)16)9(3)17-11/h7,10,14H,4-6,8H2,1-3H3,(H,15,16). The normalized spacial score (nSPS) is 12.6. The Bertz CT molecular complexity index is 371. The molecule has 96 valence electrons. The van der Waals surface area contributed by atoms with Gasteiger partial charge in [0.05, 0.1) is 6.54 Å². The van der Waals surface area contributed by atoms with Crippen molar-refractivity contribution < 1.29 is 14.3 Å². The number of carboxylic acids is 1. The Morgan fingerprint density at radius 3 is 2.71 bits per heavy atom. The second-order valence-electron chi connectivity index (χ2n) is 4.26. The van der Waals surface area contributed by atoms with E-state index in [1.165, 1.54) is 0 Å². The molecule has 2 N–H and O–H groups in total. The first-order chi connectivity index (χ1) is 8.08. The predicted molar refractivity (Wildman–Crippen MR) is 66.2 cm³/mol. The number of carbonyl (C=O) groups is 1. The Labute approximate surface area is 102 Å². The molecule has 1 unspecified atom stereocenters. The maximum absolute atomic E-state index is 10.9. The van der Waals surface area contributed by atoms with Gasteiger partial charge in [0.25, 0.3) is 0 Å². The van der Waals surface area contributed by atoms with Gasteiger partial charge in [-0.05, 0) is 25.8 Å². The van der Waals surface area contributed by atoms with Gasteiger partial charge in [0.15, 0.2) is 0 Å². The molecule has 0 bridgehead atoms. The molecule has 4 nitrogen and oxygen atoms in total. The molecule has 1 atom stereocenters. The lowest BCUT2D eigenvalue weighted by molar-refractivity contribution is 0.0695. The molecule has 0 aliphatic carbocycles. The number of furan rings is 1. The van der Waals surface area contributed by atoms with Crippen molar-refractivity contribution in [3.05, 3.63) is 23.2 Å². The summed E-state index contributed by atoms with van der Waals surface area (Å²) >= 11 is 0. The molecule has 4 heteroatoms. The summed E-state index contributed by atoms with van der Waals surface area (Å²) in [5.41, 5.74) is 0.255. The number of aryl methyl sites for hydroxylation is 1. The molecule has 0 amide bonds. The highest BCUT2D eigenvalue weighted by Gasteiger charge is 2.14. The van der Waals surface area contributed by atoms with E-state index in [0.29, 0.717) is 24.1 Å². The Morgan fingerprint density at radius 2 is 2.24 bits per heavy atom. The van der Waals surface area contributed by atoms with E-state index >= 15 is 0 Å². The van der Waals surface area contributed by atoms with E-state index in [4.69, 9.17) is 9.52 Å². The molecule has 0 fully saturated rings. The fourth-order valence-electron chi connectivity index (χ4n) is 1.89. The smallest absolute Gasteiger partial charge is 0.339 e. The largest absolute Gasteiger partial charge is 0.478 e. The molecule has 0 radical (unpaired) electrons. The van der Waals surface area contributed by atoms with E-state index in [9.17, 15) is 4.79 Å². The average Bonchev–Trinajstić information content (AvgIpc) is 2.66. The summed E-state index contributed by atoms with van der Waals surface area (Å²) in [7, 11) is 0. The van der Waals surface area contributed by atoms with Crippen molar-refractivity contribution in [1.82, 2.24) is 5.32 Å². The molecular formula is C13H21NO3. The van der Waals surface area contributed by atoms with Crippen molar-refractivity contribution in [2.45, 2.75) is 52.6 Å². The molecule has 17 heavy (non-hydrogen) atoms. The van der Waals surface area contributed by atoms with Crippen LogP contribution in [0, 0.1) is 6.92 Å². The number of hydrogen-bond donors (Lipinski definition) is 2. The Kier molecular flexibility index (Phi) is 5.22. The van der Waals surface area contributed by atoms with Gasteiger partial charge in [0.2, 0.25) is 0 Å². The van der Waals surface area contributed by atoms with Gasteiger partial charge >= 0.3 is 5.97 Å². The van der Waals surface area contributed by atoms with Crippen LogP contribution in [0.3, 0.4) is 0 Å². The van der Waals surface area contributed by atoms with Crippen LogP contribution >= 0.6 is 0 Å². The van der Waals surface area contributed by atoms with Gasteiger partial charge in [-0.15, -0.1) is 0 Å². The minimum absolute atomic E-state index is 0.255. The zero-order valence-corrected chi connectivity index (χ0v) is 10.7. The van der Waals surface area contributed by atoms with Gasteiger partial charge in [-0.3, -0.25) is 0 Å². The van der Waals surface area contributed by atoms with E-state index in [0.717, 1.165) is 19.3 Å². The van der Waals surface area contributed by atoms with Crippen LogP contribution in [0.1, 0.15) is 55.0 Å². The molecule has 0 saturated carbocycles. The molecular weight excluding hydrogens is 218 g/mol. The van der Waals surface area contributed by atoms with Gasteiger partial charge in [0, 0.05) is 6.04 Å². The first-order valence-corrected chi connectivity index (χ1v) is 6.14. The van der Waals surface area contributed by atoms with Gasteiger partial charge in [-0.1, -0.05) is 20.3 Å². The van der Waals surface area contributed by atoms with Gasteiger partial charge in [-0.25, -0.2) is 4.79 Å².